The molecule has 0 spiro atoms. The molecule has 3 amide bonds. The van der Waals surface area contributed by atoms with Crippen molar-refractivity contribution in [3.05, 3.63) is 112 Å². The van der Waals surface area contributed by atoms with Gasteiger partial charge in [-0.3, -0.25) is 27.3 Å². The molecule has 5 aliphatic rings. The molecule has 1 saturated carbocycles. The van der Waals surface area contributed by atoms with Gasteiger partial charge in [0.05, 0.1) is 68.9 Å². The molecule has 0 aromatic heterocycles. The van der Waals surface area contributed by atoms with Gasteiger partial charge in [-0.2, -0.15) is 0 Å². The maximum absolute atomic E-state index is 13.9. The number of hydrogen-bond donors (Lipinski definition) is 0. The van der Waals surface area contributed by atoms with Crippen molar-refractivity contribution in [3.8, 4) is 0 Å². The summed E-state index contributed by atoms with van der Waals surface area (Å²) in [6.45, 7) is 20.6. The first kappa shape index (κ1) is 40.5. The molecule has 0 N–H and O–H groups in total. The topological polar surface area (TPSA) is 67.4 Å². The molecule has 1 unspecified atom stereocenters. The molecule has 3 aromatic carbocycles. The molecule has 296 valence electrons. The molecular formula is C45H52I3N5O3. The smallest absolute Gasteiger partial charge is 0.262 e. The second kappa shape index (κ2) is 15.1. The van der Waals surface area contributed by atoms with Crippen molar-refractivity contribution in [3.63, 3.8) is 0 Å². The minimum Gasteiger partial charge on any atom is -0.371 e. The summed E-state index contributed by atoms with van der Waals surface area (Å²) in [7, 11) is 0. The number of rotatable bonds is 8. The number of amides is 3. The highest BCUT2D eigenvalue weighted by Gasteiger charge is 2.63. The first-order chi connectivity index (χ1) is 26.5. The van der Waals surface area contributed by atoms with Crippen LogP contribution in [0.4, 0.5) is 5.69 Å². The number of aryl methyl sites for hydroxylation is 1. The Kier molecular flexibility index (Phi) is 10.9. The van der Waals surface area contributed by atoms with Crippen LogP contribution in [-0.2, 0) is 19.5 Å². The Bertz CT molecular complexity index is 2010. The fourth-order valence-corrected chi connectivity index (χ4v) is 14.2. The van der Waals surface area contributed by atoms with Crippen molar-refractivity contribution in [2.24, 2.45) is 16.7 Å². The Morgan fingerprint density at radius 2 is 1.46 bits per heavy atom. The van der Waals surface area contributed by atoms with E-state index in [4.69, 9.17) is 0 Å². The molecule has 8 nitrogen and oxygen atoms in total. The number of alkyl halides is 1. The van der Waals surface area contributed by atoms with Gasteiger partial charge in [0.2, 0.25) is 0 Å². The van der Waals surface area contributed by atoms with Gasteiger partial charge >= 0.3 is 0 Å². The van der Waals surface area contributed by atoms with Gasteiger partial charge in [-0.15, -0.1) is 0 Å². The maximum Gasteiger partial charge on any atom is 0.262 e. The van der Waals surface area contributed by atoms with Crippen LogP contribution in [0, 0.1) is 23.7 Å². The van der Waals surface area contributed by atoms with Crippen molar-refractivity contribution in [1.82, 2.24) is 16.0 Å². The van der Waals surface area contributed by atoms with Gasteiger partial charge in [0.1, 0.15) is 0 Å². The number of carbonyl (C=O) groups excluding carboxylic acids is 3. The molecule has 0 bridgehead atoms. The quantitative estimate of drug-likeness (QED) is 0.0970. The van der Waals surface area contributed by atoms with E-state index >= 15 is 0 Å². The van der Waals surface area contributed by atoms with E-state index in [1.165, 1.54) is 32.8 Å². The second-order valence-electron chi connectivity index (χ2n) is 18.2. The monoisotopic (exact) mass is 1090 g/mol. The molecule has 3 fully saturated rings. The van der Waals surface area contributed by atoms with Crippen molar-refractivity contribution < 1.29 is 14.4 Å². The Labute approximate surface area is 373 Å². The average Bonchev–Trinajstić information content (AvgIpc) is 3.66. The van der Waals surface area contributed by atoms with Crippen LogP contribution in [0.5, 0.6) is 0 Å². The normalized spacial score (nSPS) is 25.2. The number of piperidine rings is 2. The van der Waals surface area contributed by atoms with E-state index in [1.54, 1.807) is 0 Å². The lowest BCUT2D eigenvalue weighted by Crippen LogP contribution is -2.69. The van der Waals surface area contributed by atoms with E-state index in [0.717, 1.165) is 76.1 Å². The number of imide groups is 1. The number of carbonyl (C=O) groups is 3. The highest BCUT2D eigenvalue weighted by Crippen LogP contribution is 2.63. The highest BCUT2D eigenvalue weighted by atomic mass is 127. The zero-order valence-corrected chi connectivity index (χ0v) is 39.6. The third-order valence-corrected chi connectivity index (χ3v) is 17.2. The van der Waals surface area contributed by atoms with E-state index < -0.39 is 0 Å². The van der Waals surface area contributed by atoms with Crippen LogP contribution in [0.3, 0.4) is 0 Å². The van der Waals surface area contributed by atoms with Crippen LogP contribution >= 0.6 is 68.3 Å². The summed E-state index contributed by atoms with van der Waals surface area (Å²) in [5, 5.41) is 0. The maximum atomic E-state index is 13.9. The summed E-state index contributed by atoms with van der Waals surface area (Å²) in [5.41, 5.74) is 9.04. The summed E-state index contributed by atoms with van der Waals surface area (Å²) >= 11 is 7.19. The van der Waals surface area contributed by atoms with Gasteiger partial charge in [0.25, 0.3) is 17.7 Å². The zero-order valence-electron chi connectivity index (χ0n) is 33.1. The molecule has 4 heterocycles. The Hall–Kier alpha value is -2.24. The van der Waals surface area contributed by atoms with Gasteiger partial charge in [-0.25, -0.2) is 0 Å². The number of anilines is 1. The largest absolute Gasteiger partial charge is 0.371 e. The summed E-state index contributed by atoms with van der Waals surface area (Å²) in [4.78, 5) is 47.5. The van der Waals surface area contributed by atoms with Crippen LogP contribution in [-0.4, -0.2) is 75.4 Å². The summed E-state index contributed by atoms with van der Waals surface area (Å²) in [5.74, 6) is 0.251. The van der Waals surface area contributed by atoms with Crippen LogP contribution in [0.1, 0.15) is 107 Å². The minimum atomic E-state index is -0.149. The predicted molar refractivity (Wildman–Crippen MR) is 248 cm³/mol. The fourth-order valence-electron chi connectivity index (χ4n) is 10.8. The van der Waals surface area contributed by atoms with Crippen molar-refractivity contribution in [2.45, 2.75) is 95.3 Å². The minimum absolute atomic E-state index is 0.00850. The number of halogens is 3. The third-order valence-electron chi connectivity index (χ3n) is 13.7. The number of fused-ring (bicyclic) bond motifs is 2. The SMILES string of the molecule is C=C1CCC(N2C(=O)c3cc4c(cc3C2=O)CN(CC2(I)CCN(c3ccc(C(=O)N(I)C5C(C)(C)C(Cc6ccc(C)cc6)C5(C)C)cc3)CC2)C4)CN1I. The number of hydrogen-bond acceptors (Lipinski definition) is 6. The Morgan fingerprint density at radius 1 is 0.893 bits per heavy atom. The highest BCUT2D eigenvalue weighted by molar-refractivity contribution is 14.1. The van der Waals surface area contributed by atoms with Gasteiger partial charge in [-0.1, -0.05) is 86.7 Å². The Morgan fingerprint density at radius 3 is 2.02 bits per heavy atom. The third kappa shape index (κ3) is 7.24. The molecule has 56 heavy (non-hydrogen) atoms. The standard InChI is InChI=1S/C45H52I3N5O3/c1-28-7-10-30(11-8-28)21-38-43(3,4)42(44(38,5)6)53(48)39(54)31-12-15-34(16-13-31)50-19-17-45(46,18-20-50)27-49-24-32-22-36-37(23-33(32)25-49)41(56)52(40(36)55)35-14-9-29(2)51(47)26-35/h7-8,10-13,15-16,22-23,35,38,42H,2,9,14,17-21,24-27H2,1,3-6H3. The van der Waals surface area contributed by atoms with E-state index in [9.17, 15) is 14.4 Å². The van der Waals surface area contributed by atoms with E-state index in [2.05, 4.69) is 156 Å². The number of allylic oxidation sites excluding steroid dienone is 1. The molecule has 11 heteroatoms. The molecular weight excluding hydrogens is 1040 g/mol. The lowest BCUT2D eigenvalue weighted by atomic mass is 9.43. The van der Waals surface area contributed by atoms with Gasteiger partial charge in [-0.05, 0) is 109 Å². The first-order valence-corrected chi connectivity index (χ1v) is 22.9. The molecule has 4 aliphatic heterocycles. The summed E-state index contributed by atoms with van der Waals surface area (Å²) < 4.78 is 4.15. The number of benzene rings is 3. The molecule has 3 aromatic rings. The zero-order chi connectivity index (χ0) is 39.9. The van der Waals surface area contributed by atoms with Crippen LogP contribution in [0.15, 0.2) is 72.9 Å². The van der Waals surface area contributed by atoms with Crippen molar-refractivity contribution >= 4 is 91.7 Å². The van der Waals surface area contributed by atoms with Crippen LogP contribution < -0.4 is 4.90 Å². The molecule has 0 radical (unpaired) electrons. The van der Waals surface area contributed by atoms with Crippen molar-refractivity contribution in [2.75, 3.05) is 31.1 Å². The average molecular weight is 1090 g/mol. The van der Waals surface area contributed by atoms with Crippen LogP contribution in [0.25, 0.3) is 0 Å². The molecule has 1 atom stereocenters. The predicted octanol–water partition coefficient (Wildman–Crippen LogP) is 9.79. The first-order valence-electron chi connectivity index (χ1n) is 19.9. The Balaban J connectivity index is 0.849. The lowest BCUT2D eigenvalue weighted by Gasteiger charge is -2.66. The molecule has 8 rings (SSSR count). The van der Waals surface area contributed by atoms with Gasteiger partial charge < -0.3 is 8.01 Å². The summed E-state index contributed by atoms with van der Waals surface area (Å²) in [6, 6.07) is 21.2. The number of nitrogens with zero attached hydrogens (tertiary/aromatic N) is 5. The molecule has 1 aliphatic carbocycles. The van der Waals surface area contributed by atoms with E-state index in [-0.39, 0.29) is 44.1 Å². The fraction of sp³-hybridized carbons (Fsp3) is 0.489. The van der Waals surface area contributed by atoms with Gasteiger partial charge in [0.15, 0.2) is 0 Å². The lowest BCUT2D eigenvalue weighted by molar-refractivity contribution is -0.140. The van der Waals surface area contributed by atoms with Gasteiger partial charge in [0, 0.05) is 59.6 Å². The van der Waals surface area contributed by atoms with Crippen molar-refractivity contribution in [1.29, 1.82) is 0 Å². The second-order valence-corrected chi connectivity index (χ2v) is 22.7. The molecule has 2 saturated heterocycles. The van der Waals surface area contributed by atoms with E-state index in [1.807, 2.05) is 30.5 Å². The van der Waals surface area contributed by atoms with E-state index in [0.29, 0.717) is 23.6 Å². The summed E-state index contributed by atoms with van der Waals surface area (Å²) in [6.07, 6.45) is 4.69. The van der Waals surface area contributed by atoms with Crippen LogP contribution in [0.2, 0.25) is 0 Å².